The minimum absolute atomic E-state index is 0.134. The minimum atomic E-state index is -0.771. The molecule has 37 heavy (non-hydrogen) atoms. The molecule has 0 saturated carbocycles. The molecule has 0 spiro atoms. The van der Waals surface area contributed by atoms with E-state index in [2.05, 4.69) is 5.32 Å². The molecule has 0 radical (unpaired) electrons. The second kappa shape index (κ2) is 8.85. The summed E-state index contributed by atoms with van der Waals surface area (Å²) in [5, 5.41) is 2.90. The van der Waals surface area contributed by atoms with Crippen molar-refractivity contribution in [1.29, 1.82) is 0 Å². The zero-order chi connectivity index (χ0) is 25.7. The highest BCUT2D eigenvalue weighted by atomic mass is 16.7. The van der Waals surface area contributed by atoms with Crippen molar-refractivity contribution < 1.29 is 23.9 Å². The summed E-state index contributed by atoms with van der Waals surface area (Å²) in [7, 11) is 3.88. The van der Waals surface area contributed by atoms with E-state index in [4.69, 9.17) is 9.47 Å². The van der Waals surface area contributed by atoms with Gasteiger partial charge in [-0.15, -0.1) is 0 Å². The van der Waals surface area contributed by atoms with Gasteiger partial charge in [-0.25, -0.2) is 0 Å². The van der Waals surface area contributed by atoms with Crippen molar-refractivity contribution in [2.24, 2.45) is 0 Å². The highest BCUT2D eigenvalue weighted by molar-refractivity contribution is 6.11. The third kappa shape index (κ3) is 4.02. The van der Waals surface area contributed by atoms with Crippen molar-refractivity contribution in [3.8, 4) is 22.6 Å². The number of ether oxygens (including phenoxy) is 2. The smallest absolute Gasteiger partial charge is 0.256 e. The fourth-order valence-electron chi connectivity index (χ4n) is 4.98. The van der Waals surface area contributed by atoms with E-state index < -0.39 is 6.04 Å². The van der Waals surface area contributed by atoms with E-state index in [1.165, 1.54) is 0 Å². The first-order valence-electron chi connectivity index (χ1n) is 12.1. The van der Waals surface area contributed by atoms with E-state index in [9.17, 15) is 14.4 Å². The topological polar surface area (TPSA) is 91.4 Å². The molecule has 0 bridgehead atoms. The first-order valence-corrected chi connectivity index (χ1v) is 12.1. The van der Waals surface area contributed by atoms with Crippen molar-refractivity contribution in [3.63, 3.8) is 0 Å². The van der Waals surface area contributed by atoms with Gasteiger partial charge in [0.2, 0.25) is 12.7 Å². The fourth-order valence-corrected chi connectivity index (χ4v) is 4.98. The maximum atomic E-state index is 13.6. The Kier molecular flexibility index (Phi) is 5.48. The monoisotopic (exact) mass is 498 g/mol. The Balaban J connectivity index is 1.24. The van der Waals surface area contributed by atoms with Crippen LogP contribution < -0.4 is 19.7 Å². The van der Waals surface area contributed by atoms with Crippen molar-refractivity contribution in [3.05, 3.63) is 71.8 Å². The Hall–Kier alpha value is -4.53. The summed E-state index contributed by atoms with van der Waals surface area (Å²) in [5.41, 5.74) is 4.14. The van der Waals surface area contributed by atoms with Gasteiger partial charge in [0.1, 0.15) is 6.04 Å². The zero-order valence-electron chi connectivity index (χ0n) is 20.6. The Morgan fingerprint density at radius 3 is 2.43 bits per heavy atom. The minimum Gasteiger partial charge on any atom is -0.454 e. The summed E-state index contributed by atoms with van der Waals surface area (Å²) in [6.07, 6.45) is 0. The molecule has 3 heterocycles. The van der Waals surface area contributed by atoms with Crippen LogP contribution in [-0.4, -0.2) is 74.1 Å². The van der Waals surface area contributed by atoms with Crippen LogP contribution >= 0.6 is 0 Å². The van der Waals surface area contributed by atoms with Crippen LogP contribution in [0.4, 0.5) is 11.4 Å². The third-order valence-electron chi connectivity index (χ3n) is 7.08. The largest absolute Gasteiger partial charge is 0.454 e. The molecule has 3 aliphatic heterocycles. The molecule has 0 aromatic heterocycles. The Labute approximate surface area is 214 Å². The van der Waals surface area contributed by atoms with Crippen molar-refractivity contribution in [2.45, 2.75) is 6.04 Å². The highest BCUT2D eigenvalue weighted by Gasteiger charge is 2.40. The summed E-state index contributed by atoms with van der Waals surface area (Å²) in [4.78, 5) is 45.2. The molecule has 3 aromatic carbocycles. The number of nitrogens with zero attached hydrogens (tertiary/aromatic N) is 3. The lowest BCUT2D eigenvalue weighted by molar-refractivity contribution is -0.121. The number of nitrogens with one attached hydrogen (secondary N) is 1. The maximum Gasteiger partial charge on any atom is 0.256 e. The molecule has 1 atom stereocenters. The van der Waals surface area contributed by atoms with Gasteiger partial charge in [-0.3, -0.25) is 14.4 Å². The van der Waals surface area contributed by atoms with Crippen molar-refractivity contribution >= 4 is 29.1 Å². The van der Waals surface area contributed by atoms with Crippen LogP contribution in [0.1, 0.15) is 20.7 Å². The average molecular weight is 499 g/mol. The summed E-state index contributed by atoms with van der Waals surface area (Å²) in [6, 6.07) is 17.6. The van der Waals surface area contributed by atoms with Gasteiger partial charge in [0, 0.05) is 38.4 Å². The van der Waals surface area contributed by atoms with Crippen LogP contribution in [-0.2, 0) is 4.79 Å². The molecule has 3 aliphatic rings. The quantitative estimate of drug-likeness (QED) is 0.597. The molecule has 1 fully saturated rings. The van der Waals surface area contributed by atoms with Crippen LogP contribution in [0.25, 0.3) is 11.1 Å². The fraction of sp³-hybridized carbons (Fsp3) is 0.250. The number of piperazine rings is 1. The molecular weight excluding hydrogens is 472 g/mol. The van der Waals surface area contributed by atoms with Crippen LogP contribution in [0.5, 0.6) is 11.5 Å². The van der Waals surface area contributed by atoms with E-state index in [0.717, 1.165) is 16.8 Å². The van der Waals surface area contributed by atoms with E-state index >= 15 is 0 Å². The van der Waals surface area contributed by atoms with Gasteiger partial charge in [0.25, 0.3) is 11.8 Å². The van der Waals surface area contributed by atoms with Gasteiger partial charge in [0.05, 0.1) is 17.8 Å². The number of amides is 3. The predicted octanol–water partition coefficient (Wildman–Crippen LogP) is 3.07. The first-order chi connectivity index (χ1) is 17.9. The van der Waals surface area contributed by atoms with Gasteiger partial charge < -0.3 is 29.5 Å². The van der Waals surface area contributed by atoms with Gasteiger partial charge in [-0.1, -0.05) is 12.1 Å². The molecule has 0 unspecified atom stereocenters. The lowest BCUT2D eigenvalue weighted by Crippen LogP contribution is -2.59. The summed E-state index contributed by atoms with van der Waals surface area (Å²) < 4.78 is 10.9. The molecule has 1 N–H and O–H groups in total. The van der Waals surface area contributed by atoms with Crippen LogP contribution in [0.3, 0.4) is 0 Å². The highest BCUT2D eigenvalue weighted by Crippen LogP contribution is 2.37. The predicted molar refractivity (Wildman–Crippen MR) is 138 cm³/mol. The molecule has 3 aromatic rings. The molecule has 0 aliphatic carbocycles. The average Bonchev–Trinajstić information content (AvgIpc) is 3.36. The van der Waals surface area contributed by atoms with Gasteiger partial charge >= 0.3 is 0 Å². The van der Waals surface area contributed by atoms with Crippen LogP contribution in [0.15, 0.2) is 60.7 Å². The number of carbonyl (C=O) groups is 3. The van der Waals surface area contributed by atoms with Gasteiger partial charge in [0.15, 0.2) is 11.5 Å². The number of hydrogen-bond donors (Lipinski definition) is 1. The van der Waals surface area contributed by atoms with Crippen LogP contribution in [0, 0.1) is 0 Å². The Morgan fingerprint density at radius 2 is 1.65 bits per heavy atom. The normalized spacial score (nSPS) is 18.1. The second-order valence-electron chi connectivity index (χ2n) is 9.52. The van der Waals surface area contributed by atoms with Crippen LogP contribution in [0.2, 0.25) is 0 Å². The molecule has 3 amide bonds. The molecular formula is C28H26N4O5. The number of benzene rings is 3. The molecule has 1 saturated heterocycles. The lowest BCUT2D eigenvalue weighted by Gasteiger charge is -2.39. The number of fused-ring (bicyclic) bond motifs is 3. The number of rotatable bonds is 3. The Morgan fingerprint density at radius 1 is 0.919 bits per heavy atom. The Bertz CT molecular complexity index is 1420. The first kappa shape index (κ1) is 22.9. The number of anilines is 2. The van der Waals surface area contributed by atoms with Gasteiger partial charge in [-0.05, 0) is 59.7 Å². The number of hydrogen-bond acceptors (Lipinski definition) is 6. The molecule has 9 nitrogen and oxygen atoms in total. The zero-order valence-corrected chi connectivity index (χ0v) is 20.6. The van der Waals surface area contributed by atoms with Crippen molar-refractivity contribution in [2.75, 3.05) is 50.7 Å². The summed E-state index contributed by atoms with van der Waals surface area (Å²) in [6.45, 7) is 0.937. The van der Waals surface area contributed by atoms with Crippen molar-refractivity contribution in [1.82, 2.24) is 9.80 Å². The number of carbonyl (C=O) groups excluding carboxylic acids is 3. The summed E-state index contributed by atoms with van der Waals surface area (Å²) in [5.74, 6) is 0.652. The molecule has 6 rings (SSSR count). The molecule has 188 valence electrons. The van der Waals surface area contributed by atoms with E-state index in [1.807, 2.05) is 55.4 Å². The standard InChI is InChI=1S/C28H26N4O5/c1-30(2)20-7-3-17(4-8-20)27(34)31-11-12-32-23(15-31)26(33)29-22-9-5-18(13-21(22)28(32)35)19-6-10-24-25(14-19)37-16-36-24/h3-10,13-14,23H,11-12,15-16H2,1-2H3,(H,29,33)/t23-/m1/s1. The lowest BCUT2D eigenvalue weighted by atomic mass is 10.0. The second-order valence-corrected chi connectivity index (χ2v) is 9.52. The maximum absolute atomic E-state index is 13.6. The summed E-state index contributed by atoms with van der Waals surface area (Å²) >= 11 is 0. The SMILES string of the molecule is CN(C)c1ccc(C(=O)N2CCN3C(=O)c4cc(-c5ccc6c(c5)OCO6)ccc4NC(=O)[C@H]3C2)cc1. The van der Waals surface area contributed by atoms with Gasteiger partial charge in [-0.2, -0.15) is 0 Å². The molecule has 9 heteroatoms. The van der Waals surface area contributed by atoms with E-state index in [-0.39, 0.29) is 37.6 Å². The van der Waals surface area contributed by atoms with E-state index in [1.54, 1.807) is 34.1 Å². The third-order valence-corrected chi connectivity index (χ3v) is 7.08. The van der Waals surface area contributed by atoms with E-state index in [0.29, 0.717) is 34.9 Å².